The standard InChI is InChI=1S/C20H42NO/c1-4-5-6-7-8-9-10-11-12-15-18-21(2,3)19-16-13-14-17-20(19)22/h19-20,22H,4-18H2,1-3H3/q+1. The molecule has 1 fully saturated rings. The van der Waals surface area contributed by atoms with E-state index in [0.29, 0.717) is 6.04 Å². The van der Waals surface area contributed by atoms with E-state index in [1.54, 1.807) is 0 Å². The Balaban J connectivity index is 2.01. The number of hydrogen-bond acceptors (Lipinski definition) is 1. The van der Waals surface area contributed by atoms with Crippen LogP contribution in [0, 0.1) is 0 Å². The van der Waals surface area contributed by atoms with Gasteiger partial charge in [0.05, 0.1) is 20.6 Å². The number of aliphatic hydroxyl groups is 1. The molecule has 0 aromatic heterocycles. The Morgan fingerprint density at radius 2 is 1.27 bits per heavy atom. The van der Waals surface area contributed by atoms with Gasteiger partial charge in [0.2, 0.25) is 0 Å². The van der Waals surface area contributed by atoms with E-state index in [-0.39, 0.29) is 6.10 Å². The molecule has 1 N–H and O–H groups in total. The summed E-state index contributed by atoms with van der Waals surface area (Å²) in [5, 5.41) is 10.3. The zero-order valence-corrected chi connectivity index (χ0v) is 15.7. The van der Waals surface area contributed by atoms with Gasteiger partial charge in [0.25, 0.3) is 0 Å². The lowest BCUT2D eigenvalue weighted by atomic mass is 9.90. The van der Waals surface area contributed by atoms with Crippen molar-refractivity contribution >= 4 is 0 Å². The third-order valence-corrected chi connectivity index (χ3v) is 5.68. The summed E-state index contributed by atoms with van der Waals surface area (Å²) in [5.41, 5.74) is 0. The highest BCUT2D eigenvalue weighted by atomic mass is 16.3. The van der Waals surface area contributed by atoms with Gasteiger partial charge in [-0.15, -0.1) is 0 Å². The molecule has 0 heterocycles. The minimum absolute atomic E-state index is 0.0631. The van der Waals surface area contributed by atoms with E-state index in [9.17, 15) is 5.11 Å². The van der Waals surface area contributed by atoms with Crippen LogP contribution in [0.15, 0.2) is 0 Å². The van der Waals surface area contributed by atoms with E-state index in [4.69, 9.17) is 0 Å². The second-order valence-corrected chi connectivity index (χ2v) is 8.10. The fourth-order valence-corrected chi connectivity index (χ4v) is 4.08. The first-order valence-corrected chi connectivity index (χ1v) is 10.1. The zero-order chi connectivity index (χ0) is 16.3. The number of quaternary nitrogens is 1. The Bertz CT molecular complexity index is 264. The minimum Gasteiger partial charge on any atom is -0.387 e. The highest BCUT2D eigenvalue weighted by Crippen LogP contribution is 2.26. The second kappa shape index (κ2) is 11.5. The first-order chi connectivity index (χ1) is 10.6. The monoisotopic (exact) mass is 312 g/mol. The molecule has 0 amide bonds. The summed E-state index contributed by atoms with van der Waals surface area (Å²) < 4.78 is 1.03. The van der Waals surface area contributed by atoms with Crippen molar-refractivity contribution in [1.82, 2.24) is 0 Å². The molecular weight excluding hydrogens is 270 g/mol. The van der Waals surface area contributed by atoms with Crippen molar-refractivity contribution in [3.05, 3.63) is 0 Å². The van der Waals surface area contributed by atoms with Crippen LogP contribution in [-0.2, 0) is 0 Å². The average molecular weight is 313 g/mol. The topological polar surface area (TPSA) is 20.2 Å². The normalized spacial score (nSPS) is 22.9. The van der Waals surface area contributed by atoms with Gasteiger partial charge in [-0.3, -0.25) is 0 Å². The Labute approximate surface area is 139 Å². The fourth-order valence-electron chi connectivity index (χ4n) is 4.08. The van der Waals surface area contributed by atoms with Gasteiger partial charge in [-0.25, -0.2) is 0 Å². The summed E-state index contributed by atoms with van der Waals surface area (Å²) in [4.78, 5) is 0. The van der Waals surface area contributed by atoms with Crippen LogP contribution in [0.25, 0.3) is 0 Å². The van der Waals surface area contributed by atoms with Crippen LogP contribution in [0.4, 0.5) is 0 Å². The SMILES string of the molecule is CCCCCCCCCCCC[N+](C)(C)C1CCCCC1O. The number of likely N-dealkylation sites (N-methyl/N-ethyl adjacent to an activating group) is 1. The minimum atomic E-state index is -0.0631. The van der Waals surface area contributed by atoms with Crippen LogP contribution in [0.1, 0.15) is 96.8 Å². The maximum Gasteiger partial charge on any atom is 0.115 e. The van der Waals surface area contributed by atoms with E-state index < -0.39 is 0 Å². The Hall–Kier alpha value is -0.0800. The van der Waals surface area contributed by atoms with Gasteiger partial charge in [0.1, 0.15) is 12.1 Å². The molecule has 0 bridgehead atoms. The molecule has 1 saturated carbocycles. The van der Waals surface area contributed by atoms with Gasteiger partial charge in [-0.1, -0.05) is 64.7 Å². The molecule has 0 aromatic carbocycles. The molecule has 2 unspecified atom stereocenters. The van der Waals surface area contributed by atoms with Crippen molar-refractivity contribution in [3.8, 4) is 0 Å². The van der Waals surface area contributed by atoms with E-state index in [1.807, 2.05) is 0 Å². The van der Waals surface area contributed by atoms with Crippen LogP contribution in [-0.4, -0.2) is 42.4 Å². The molecule has 0 aliphatic heterocycles. The van der Waals surface area contributed by atoms with Crippen molar-refractivity contribution in [2.45, 2.75) is 109 Å². The number of hydrogen-bond donors (Lipinski definition) is 1. The summed E-state index contributed by atoms with van der Waals surface area (Å²) in [6, 6.07) is 0.479. The quantitative estimate of drug-likeness (QED) is 0.383. The average Bonchev–Trinajstić information content (AvgIpc) is 2.49. The maximum absolute atomic E-state index is 10.3. The predicted octanol–water partition coefficient (Wildman–Crippen LogP) is 5.29. The van der Waals surface area contributed by atoms with Crippen LogP contribution >= 0.6 is 0 Å². The largest absolute Gasteiger partial charge is 0.387 e. The van der Waals surface area contributed by atoms with Crippen LogP contribution < -0.4 is 0 Å². The number of aliphatic hydroxyl groups excluding tert-OH is 1. The third-order valence-electron chi connectivity index (χ3n) is 5.68. The Morgan fingerprint density at radius 1 is 0.773 bits per heavy atom. The maximum atomic E-state index is 10.3. The third kappa shape index (κ3) is 7.97. The molecule has 2 nitrogen and oxygen atoms in total. The molecular formula is C20H42NO+. The number of unbranched alkanes of at least 4 members (excludes halogenated alkanes) is 9. The van der Waals surface area contributed by atoms with Gasteiger partial charge < -0.3 is 9.59 Å². The first-order valence-electron chi connectivity index (χ1n) is 10.1. The summed E-state index contributed by atoms with van der Waals surface area (Å²) in [6.45, 7) is 3.52. The summed E-state index contributed by atoms with van der Waals surface area (Å²) in [5.74, 6) is 0. The van der Waals surface area contributed by atoms with Crippen LogP contribution in [0.3, 0.4) is 0 Å². The summed E-state index contributed by atoms with van der Waals surface area (Å²) in [7, 11) is 4.65. The van der Waals surface area contributed by atoms with Gasteiger partial charge in [0.15, 0.2) is 0 Å². The molecule has 0 spiro atoms. The lowest BCUT2D eigenvalue weighted by Crippen LogP contribution is -2.56. The highest BCUT2D eigenvalue weighted by molar-refractivity contribution is 4.75. The van der Waals surface area contributed by atoms with Crippen molar-refractivity contribution in [2.75, 3.05) is 20.6 Å². The van der Waals surface area contributed by atoms with Crippen molar-refractivity contribution in [1.29, 1.82) is 0 Å². The van der Waals surface area contributed by atoms with Gasteiger partial charge >= 0.3 is 0 Å². The van der Waals surface area contributed by atoms with Crippen molar-refractivity contribution in [3.63, 3.8) is 0 Å². The molecule has 2 heteroatoms. The van der Waals surface area contributed by atoms with Gasteiger partial charge in [0, 0.05) is 6.42 Å². The molecule has 0 saturated heterocycles. The van der Waals surface area contributed by atoms with Crippen molar-refractivity contribution < 1.29 is 9.59 Å². The molecule has 132 valence electrons. The number of nitrogens with zero attached hydrogens (tertiary/aromatic N) is 1. The molecule has 0 radical (unpaired) electrons. The van der Waals surface area contributed by atoms with Crippen LogP contribution in [0.2, 0.25) is 0 Å². The van der Waals surface area contributed by atoms with Crippen LogP contribution in [0.5, 0.6) is 0 Å². The number of rotatable bonds is 12. The van der Waals surface area contributed by atoms with E-state index in [0.717, 1.165) is 10.9 Å². The predicted molar refractivity (Wildman–Crippen MR) is 97.1 cm³/mol. The smallest absolute Gasteiger partial charge is 0.115 e. The molecule has 0 aromatic rings. The highest BCUT2D eigenvalue weighted by Gasteiger charge is 2.35. The second-order valence-electron chi connectivity index (χ2n) is 8.10. The molecule has 1 aliphatic carbocycles. The van der Waals surface area contributed by atoms with Gasteiger partial charge in [-0.05, 0) is 25.7 Å². The zero-order valence-electron chi connectivity index (χ0n) is 15.7. The van der Waals surface area contributed by atoms with E-state index >= 15 is 0 Å². The molecule has 2 atom stereocenters. The summed E-state index contributed by atoms with van der Waals surface area (Å²) in [6.07, 6.45) is 18.7. The lowest BCUT2D eigenvalue weighted by Gasteiger charge is -2.42. The molecule has 22 heavy (non-hydrogen) atoms. The fraction of sp³-hybridized carbons (Fsp3) is 1.00. The Kier molecular flexibility index (Phi) is 10.4. The Morgan fingerprint density at radius 3 is 1.82 bits per heavy atom. The summed E-state index contributed by atoms with van der Waals surface area (Å²) >= 11 is 0. The molecule has 1 aliphatic rings. The first kappa shape index (κ1) is 20.0. The van der Waals surface area contributed by atoms with E-state index in [1.165, 1.54) is 90.0 Å². The van der Waals surface area contributed by atoms with Crippen molar-refractivity contribution in [2.24, 2.45) is 0 Å². The van der Waals surface area contributed by atoms with Gasteiger partial charge in [-0.2, -0.15) is 0 Å². The van der Waals surface area contributed by atoms with E-state index in [2.05, 4.69) is 21.0 Å². The lowest BCUT2D eigenvalue weighted by molar-refractivity contribution is -0.920. The molecule has 1 rings (SSSR count).